The molecule has 1 aromatic carbocycles. The first kappa shape index (κ1) is 12.6. The summed E-state index contributed by atoms with van der Waals surface area (Å²) in [5.41, 5.74) is 1.07. The lowest BCUT2D eigenvalue weighted by Crippen LogP contribution is -2.20. The van der Waals surface area contributed by atoms with E-state index in [1.807, 2.05) is 0 Å². The molecular weight excluding hydrogens is 278 g/mol. The van der Waals surface area contributed by atoms with Gasteiger partial charge in [-0.05, 0) is 24.3 Å². The van der Waals surface area contributed by atoms with Gasteiger partial charge in [0, 0.05) is 11.8 Å². The number of benzene rings is 1. The number of nitrogens with zero attached hydrogens (tertiary/aromatic N) is 3. The molecule has 1 aromatic heterocycles. The van der Waals surface area contributed by atoms with Crippen LogP contribution in [0.1, 0.15) is 12.0 Å². The Bertz CT molecular complexity index is 698. The summed E-state index contributed by atoms with van der Waals surface area (Å²) in [7, 11) is 0. The standard InChI is InChI=1S/C14H10ClN3O2/c15-9-5-6-13(16-8-9)18-14(20)7-11(17-18)10-3-1-2-4-12(10)19/h1-6,8,19H,7H2. The van der Waals surface area contributed by atoms with Gasteiger partial charge in [0.2, 0.25) is 0 Å². The van der Waals surface area contributed by atoms with Crippen molar-refractivity contribution in [2.75, 3.05) is 5.01 Å². The number of carbonyl (C=O) groups excluding carboxylic acids is 1. The van der Waals surface area contributed by atoms with E-state index in [0.717, 1.165) is 0 Å². The quantitative estimate of drug-likeness (QED) is 0.923. The number of hydrogen-bond donors (Lipinski definition) is 1. The van der Waals surface area contributed by atoms with Crippen LogP contribution < -0.4 is 5.01 Å². The first-order valence-electron chi connectivity index (χ1n) is 5.95. The third-order valence-corrected chi connectivity index (χ3v) is 3.14. The molecule has 2 heterocycles. The van der Waals surface area contributed by atoms with Crippen LogP contribution in [-0.4, -0.2) is 21.7 Å². The van der Waals surface area contributed by atoms with Crippen molar-refractivity contribution in [2.45, 2.75) is 6.42 Å². The molecule has 0 radical (unpaired) electrons. The van der Waals surface area contributed by atoms with Gasteiger partial charge in [0.15, 0.2) is 5.82 Å². The maximum absolute atomic E-state index is 12.0. The number of rotatable bonds is 2. The van der Waals surface area contributed by atoms with Crippen molar-refractivity contribution in [2.24, 2.45) is 5.10 Å². The summed E-state index contributed by atoms with van der Waals surface area (Å²) in [4.78, 5) is 16.1. The van der Waals surface area contributed by atoms with E-state index in [0.29, 0.717) is 22.1 Å². The van der Waals surface area contributed by atoms with Crippen LogP contribution in [-0.2, 0) is 4.79 Å². The fourth-order valence-electron chi connectivity index (χ4n) is 1.97. The molecule has 100 valence electrons. The minimum absolute atomic E-state index is 0.102. The Kier molecular flexibility index (Phi) is 3.12. The van der Waals surface area contributed by atoms with E-state index in [4.69, 9.17) is 11.6 Å². The number of carbonyl (C=O) groups is 1. The molecule has 6 heteroatoms. The number of phenolic OH excluding ortho intramolecular Hbond substituents is 1. The number of phenols is 1. The second-order valence-corrected chi connectivity index (χ2v) is 4.72. The Hall–Kier alpha value is -2.40. The Labute approximate surface area is 120 Å². The minimum atomic E-state index is -0.196. The van der Waals surface area contributed by atoms with Crippen molar-refractivity contribution >= 4 is 29.0 Å². The molecule has 3 rings (SSSR count). The summed E-state index contributed by atoms with van der Waals surface area (Å²) in [6, 6.07) is 10.0. The molecule has 0 saturated heterocycles. The first-order valence-corrected chi connectivity index (χ1v) is 6.33. The van der Waals surface area contributed by atoms with E-state index >= 15 is 0 Å². The van der Waals surface area contributed by atoms with E-state index in [9.17, 15) is 9.90 Å². The van der Waals surface area contributed by atoms with E-state index in [1.165, 1.54) is 11.2 Å². The zero-order chi connectivity index (χ0) is 14.1. The Balaban J connectivity index is 1.97. The van der Waals surface area contributed by atoms with Crippen molar-refractivity contribution in [1.29, 1.82) is 0 Å². The maximum atomic E-state index is 12.0. The van der Waals surface area contributed by atoms with Crippen LogP contribution in [0.15, 0.2) is 47.7 Å². The molecule has 0 bridgehead atoms. The first-order chi connectivity index (χ1) is 9.65. The fraction of sp³-hybridized carbons (Fsp3) is 0.0714. The van der Waals surface area contributed by atoms with Crippen molar-refractivity contribution in [1.82, 2.24) is 4.98 Å². The number of pyridine rings is 1. The summed E-state index contributed by atoms with van der Waals surface area (Å²) >= 11 is 5.77. The summed E-state index contributed by atoms with van der Waals surface area (Å²) in [6.07, 6.45) is 1.58. The fourth-order valence-corrected chi connectivity index (χ4v) is 2.08. The van der Waals surface area contributed by atoms with E-state index in [1.54, 1.807) is 36.4 Å². The summed E-state index contributed by atoms with van der Waals surface area (Å²) in [5, 5.41) is 15.8. The molecule has 0 saturated carbocycles. The largest absolute Gasteiger partial charge is 0.507 e. The van der Waals surface area contributed by atoms with Gasteiger partial charge in [0.25, 0.3) is 5.91 Å². The van der Waals surface area contributed by atoms with Gasteiger partial charge in [-0.25, -0.2) is 4.98 Å². The highest BCUT2D eigenvalue weighted by atomic mass is 35.5. The van der Waals surface area contributed by atoms with Crippen LogP contribution in [0.25, 0.3) is 0 Å². The van der Waals surface area contributed by atoms with Crippen molar-refractivity contribution in [3.8, 4) is 5.75 Å². The Morgan fingerprint density at radius 3 is 2.70 bits per heavy atom. The average Bonchev–Trinajstić information content (AvgIpc) is 2.82. The summed E-state index contributed by atoms with van der Waals surface area (Å²) < 4.78 is 0. The lowest BCUT2D eigenvalue weighted by atomic mass is 10.1. The van der Waals surface area contributed by atoms with E-state index in [2.05, 4.69) is 10.1 Å². The second-order valence-electron chi connectivity index (χ2n) is 4.28. The monoisotopic (exact) mass is 287 g/mol. The molecule has 0 aliphatic carbocycles. The summed E-state index contributed by atoms with van der Waals surface area (Å²) in [5.74, 6) is 0.313. The SMILES string of the molecule is O=C1CC(c2ccccc2O)=NN1c1ccc(Cl)cn1. The van der Waals surface area contributed by atoms with Crippen LogP contribution in [0, 0.1) is 0 Å². The smallest absolute Gasteiger partial charge is 0.254 e. The molecule has 2 aromatic rings. The molecule has 0 spiro atoms. The van der Waals surface area contributed by atoms with Crippen LogP contribution in [0.5, 0.6) is 5.75 Å². The zero-order valence-corrected chi connectivity index (χ0v) is 11.1. The van der Waals surface area contributed by atoms with Gasteiger partial charge in [0.1, 0.15) is 5.75 Å². The molecule has 1 aliphatic rings. The molecule has 1 aliphatic heterocycles. The molecule has 0 atom stereocenters. The van der Waals surface area contributed by atoms with Crippen LogP contribution in [0.2, 0.25) is 5.02 Å². The molecular formula is C14H10ClN3O2. The van der Waals surface area contributed by atoms with Gasteiger partial charge in [-0.2, -0.15) is 10.1 Å². The predicted molar refractivity (Wildman–Crippen MR) is 76.0 cm³/mol. The van der Waals surface area contributed by atoms with Crippen molar-refractivity contribution in [3.05, 3.63) is 53.2 Å². The molecule has 1 amide bonds. The lowest BCUT2D eigenvalue weighted by Gasteiger charge is -2.09. The third-order valence-electron chi connectivity index (χ3n) is 2.92. The minimum Gasteiger partial charge on any atom is -0.507 e. The number of hydrogen-bond acceptors (Lipinski definition) is 4. The molecule has 0 fully saturated rings. The highest BCUT2D eigenvalue weighted by Crippen LogP contribution is 2.25. The molecule has 5 nitrogen and oxygen atoms in total. The van der Waals surface area contributed by atoms with Gasteiger partial charge in [-0.3, -0.25) is 4.79 Å². The van der Waals surface area contributed by atoms with Crippen LogP contribution in [0.3, 0.4) is 0 Å². The van der Waals surface area contributed by atoms with Crippen LogP contribution in [0.4, 0.5) is 5.82 Å². The lowest BCUT2D eigenvalue weighted by molar-refractivity contribution is -0.116. The van der Waals surface area contributed by atoms with Gasteiger partial charge >= 0.3 is 0 Å². The van der Waals surface area contributed by atoms with Gasteiger partial charge in [-0.15, -0.1) is 0 Å². The molecule has 0 unspecified atom stereocenters. The Morgan fingerprint density at radius 1 is 1.20 bits per heavy atom. The maximum Gasteiger partial charge on any atom is 0.254 e. The molecule has 1 N–H and O–H groups in total. The van der Waals surface area contributed by atoms with Gasteiger partial charge < -0.3 is 5.11 Å². The highest BCUT2D eigenvalue weighted by molar-refractivity contribution is 6.30. The number of amides is 1. The number of hydrazone groups is 1. The predicted octanol–water partition coefficient (Wildman–Crippen LogP) is 2.58. The Morgan fingerprint density at radius 2 is 2.00 bits per heavy atom. The zero-order valence-electron chi connectivity index (χ0n) is 10.3. The van der Waals surface area contributed by atoms with Crippen molar-refractivity contribution in [3.63, 3.8) is 0 Å². The topological polar surface area (TPSA) is 65.8 Å². The normalized spacial score (nSPS) is 14.6. The highest BCUT2D eigenvalue weighted by Gasteiger charge is 2.28. The van der Waals surface area contributed by atoms with Gasteiger partial charge in [-0.1, -0.05) is 23.7 Å². The second kappa shape index (κ2) is 4.94. The average molecular weight is 288 g/mol. The number of para-hydroxylation sites is 1. The van der Waals surface area contributed by atoms with E-state index < -0.39 is 0 Å². The third kappa shape index (κ3) is 2.23. The number of aromatic nitrogens is 1. The number of aromatic hydroxyl groups is 1. The summed E-state index contributed by atoms with van der Waals surface area (Å²) in [6.45, 7) is 0. The number of anilines is 1. The van der Waals surface area contributed by atoms with E-state index in [-0.39, 0.29) is 18.1 Å². The van der Waals surface area contributed by atoms with Gasteiger partial charge in [0.05, 0.1) is 17.2 Å². The van der Waals surface area contributed by atoms with Crippen molar-refractivity contribution < 1.29 is 9.90 Å². The number of halogens is 1. The molecule has 20 heavy (non-hydrogen) atoms. The van der Waals surface area contributed by atoms with Crippen LogP contribution >= 0.6 is 11.6 Å².